The normalized spacial score (nSPS) is 15.1. The molecule has 0 spiro atoms. The molecular formula is C16H22O3S. The van der Waals surface area contributed by atoms with Gasteiger partial charge in [0.05, 0.1) is 6.61 Å². The van der Waals surface area contributed by atoms with Crippen LogP contribution in [-0.2, 0) is 22.4 Å². The summed E-state index contributed by atoms with van der Waals surface area (Å²) in [4.78, 5) is 24.9. The molecule has 0 atom stereocenters. The van der Waals surface area contributed by atoms with Crippen LogP contribution >= 0.6 is 11.3 Å². The third kappa shape index (κ3) is 4.44. The summed E-state index contributed by atoms with van der Waals surface area (Å²) in [5.74, 6) is -0.0922. The Hall–Kier alpha value is -1.16. The van der Waals surface area contributed by atoms with E-state index in [4.69, 9.17) is 4.74 Å². The van der Waals surface area contributed by atoms with Crippen LogP contribution in [0.5, 0.6) is 0 Å². The number of Topliss-reactive ketones (excluding diaryl/α,β-unsaturated/α-hetero) is 1. The number of rotatable bonds is 5. The number of hydrogen-bond acceptors (Lipinski definition) is 4. The molecule has 1 heterocycles. The molecule has 0 aromatic carbocycles. The lowest BCUT2D eigenvalue weighted by molar-refractivity contribution is -0.117. The molecule has 4 heteroatoms. The van der Waals surface area contributed by atoms with Crippen molar-refractivity contribution in [3.8, 4) is 0 Å². The Kier molecular flexibility index (Phi) is 5.77. The van der Waals surface area contributed by atoms with Gasteiger partial charge in [0.1, 0.15) is 10.7 Å². The summed E-state index contributed by atoms with van der Waals surface area (Å²) in [6.07, 6.45) is 8.31. The Labute approximate surface area is 124 Å². The van der Waals surface area contributed by atoms with Gasteiger partial charge in [-0.25, -0.2) is 4.79 Å². The summed E-state index contributed by atoms with van der Waals surface area (Å²) in [5, 5.41) is 0. The van der Waals surface area contributed by atoms with Gasteiger partial charge < -0.3 is 9.53 Å². The third-order valence-electron chi connectivity index (χ3n) is 3.60. The molecule has 0 amide bonds. The summed E-state index contributed by atoms with van der Waals surface area (Å²) in [6.45, 7) is 1.89. The van der Waals surface area contributed by atoms with Gasteiger partial charge in [0.25, 0.3) is 0 Å². The van der Waals surface area contributed by atoms with Crippen molar-refractivity contribution in [2.24, 2.45) is 0 Å². The standard InChI is InChI=1S/C16H22O3S/c1-12(17)7-6-10-19-16(18)15-11-13-8-4-2-3-5-9-14(13)20-15/h11H,2-10H2,1H3. The Morgan fingerprint density at radius 1 is 1.20 bits per heavy atom. The fraction of sp³-hybridized carbons (Fsp3) is 0.625. The molecule has 1 aromatic heterocycles. The second-order valence-electron chi connectivity index (χ2n) is 5.41. The number of carbonyl (C=O) groups is 2. The van der Waals surface area contributed by atoms with Crippen molar-refractivity contribution in [2.75, 3.05) is 6.61 Å². The van der Waals surface area contributed by atoms with Gasteiger partial charge in [-0.2, -0.15) is 0 Å². The maximum absolute atomic E-state index is 12.0. The number of carbonyl (C=O) groups excluding carboxylic acids is 2. The number of ether oxygens (including phenoxy) is 1. The van der Waals surface area contributed by atoms with Crippen LogP contribution in [0.25, 0.3) is 0 Å². The molecule has 110 valence electrons. The Morgan fingerprint density at radius 2 is 1.95 bits per heavy atom. The Morgan fingerprint density at radius 3 is 2.70 bits per heavy atom. The van der Waals surface area contributed by atoms with E-state index in [-0.39, 0.29) is 11.8 Å². The minimum atomic E-state index is -0.231. The van der Waals surface area contributed by atoms with Crippen molar-refractivity contribution >= 4 is 23.1 Å². The Bertz CT molecular complexity index is 451. The smallest absolute Gasteiger partial charge is 0.348 e. The largest absolute Gasteiger partial charge is 0.461 e. The van der Waals surface area contributed by atoms with E-state index in [2.05, 4.69) is 0 Å². The topological polar surface area (TPSA) is 43.4 Å². The van der Waals surface area contributed by atoms with Crippen LogP contribution in [-0.4, -0.2) is 18.4 Å². The number of thiophene rings is 1. The molecule has 0 bridgehead atoms. The van der Waals surface area contributed by atoms with E-state index in [1.165, 1.54) is 36.1 Å². The SMILES string of the molecule is CC(=O)CCCOC(=O)c1cc2c(s1)CCCCCC2. The first kappa shape index (κ1) is 15.2. The van der Waals surface area contributed by atoms with Crippen LogP contribution < -0.4 is 0 Å². The van der Waals surface area contributed by atoms with Crippen molar-refractivity contribution in [1.82, 2.24) is 0 Å². The second-order valence-corrected chi connectivity index (χ2v) is 6.55. The number of hydrogen-bond donors (Lipinski definition) is 0. The average molecular weight is 294 g/mol. The van der Waals surface area contributed by atoms with Crippen LogP contribution in [0.4, 0.5) is 0 Å². The molecule has 1 aromatic rings. The highest BCUT2D eigenvalue weighted by Gasteiger charge is 2.16. The molecule has 0 saturated heterocycles. The monoisotopic (exact) mass is 294 g/mol. The second kappa shape index (κ2) is 7.58. The fourth-order valence-electron chi connectivity index (χ4n) is 2.50. The zero-order valence-corrected chi connectivity index (χ0v) is 12.9. The minimum absolute atomic E-state index is 0.139. The van der Waals surface area contributed by atoms with Crippen molar-refractivity contribution in [3.05, 3.63) is 21.4 Å². The first-order valence-corrected chi connectivity index (χ1v) is 8.26. The van der Waals surface area contributed by atoms with Crippen LogP contribution in [0.15, 0.2) is 6.07 Å². The van der Waals surface area contributed by atoms with Gasteiger partial charge in [-0.1, -0.05) is 12.8 Å². The molecule has 0 aliphatic heterocycles. The molecule has 1 aliphatic rings. The first-order chi connectivity index (χ1) is 9.66. The predicted octanol–water partition coefficient (Wildman–Crippen LogP) is 3.93. The molecule has 1 aliphatic carbocycles. The van der Waals surface area contributed by atoms with Gasteiger partial charge in [0.15, 0.2) is 0 Å². The van der Waals surface area contributed by atoms with E-state index in [1.807, 2.05) is 6.07 Å². The first-order valence-electron chi connectivity index (χ1n) is 7.45. The molecular weight excluding hydrogens is 272 g/mol. The molecule has 0 radical (unpaired) electrons. The summed E-state index contributed by atoms with van der Waals surface area (Å²) >= 11 is 1.59. The predicted molar refractivity (Wildman–Crippen MR) is 80.4 cm³/mol. The van der Waals surface area contributed by atoms with Gasteiger partial charge in [-0.05, 0) is 50.7 Å². The number of aryl methyl sites for hydroxylation is 2. The maximum atomic E-state index is 12.0. The van der Waals surface area contributed by atoms with Crippen LogP contribution in [0.1, 0.15) is 65.6 Å². The fourth-order valence-corrected chi connectivity index (χ4v) is 3.65. The molecule has 0 saturated carbocycles. The molecule has 0 N–H and O–H groups in total. The zero-order chi connectivity index (χ0) is 14.4. The number of esters is 1. The highest BCUT2D eigenvalue weighted by atomic mass is 32.1. The van der Waals surface area contributed by atoms with E-state index < -0.39 is 0 Å². The van der Waals surface area contributed by atoms with E-state index >= 15 is 0 Å². The minimum Gasteiger partial charge on any atom is -0.461 e. The lowest BCUT2D eigenvalue weighted by Gasteiger charge is -2.07. The van der Waals surface area contributed by atoms with Crippen molar-refractivity contribution in [2.45, 2.75) is 58.3 Å². The van der Waals surface area contributed by atoms with E-state index in [1.54, 1.807) is 18.3 Å². The van der Waals surface area contributed by atoms with Gasteiger partial charge in [0, 0.05) is 11.3 Å². The van der Waals surface area contributed by atoms with Gasteiger partial charge in [0.2, 0.25) is 0 Å². The lowest BCUT2D eigenvalue weighted by Crippen LogP contribution is -2.05. The van der Waals surface area contributed by atoms with E-state index in [0.717, 1.165) is 17.7 Å². The van der Waals surface area contributed by atoms with Crippen LogP contribution in [0.2, 0.25) is 0 Å². The maximum Gasteiger partial charge on any atom is 0.348 e. The molecule has 0 unspecified atom stereocenters. The van der Waals surface area contributed by atoms with Crippen LogP contribution in [0, 0.1) is 0 Å². The molecule has 3 nitrogen and oxygen atoms in total. The molecule has 20 heavy (non-hydrogen) atoms. The average Bonchev–Trinajstić information content (AvgIpc) is 2.77. The third-order valence-corrected chi connectivity index (χ3v) is 4.82. The summed E-state index contributed by atoms with van der Waals surface area (Å²) in [7, 11) is 0. The van der Waals surface area contributed by atoms with Crippen molar-refractivity contribution in [1.29, 1.82) is 0 Å². The summed E-state index contributed by atoms with van der Waals surface area (Å²) < 4.78 is 5.24. The number of ketones is 1. The summed E-state index contributed by atoms with van der Waals surface area (Å²) in [6, 6.07) is 2.01. The Balaban J connectivity index is 1.89. The summed E-state index contributed by atoms with van der Waals surface area (Å²) in [5.41, 5.74) is 1.34. The van der Waals surface area contributed by atoms with Crippen LogP contribution in [0.3, 0.4) is 0 Å². The zero-order valence-electron chi connectivity index (χ0n) is 12.1. The van der Waals surface area contributed by atoms with E-state index in [9.17, 15) is 9.59 Å². The van der Waals surface area contributed by atoms with E-state index in [0.29, 0.717) is 19.4 Å². The number of fused-ring (bicyclic) bond motifs is 1. The highest BCUT2D eigenvalue weighted by Crippen LogP contribution is 2.28. The van der Waals surface area contributed by atoms with Gasteiger partial charge in [-0.15, -0.1) is 11.3 Å². The molecule has 2 rings (SSSR count). The van der Waals surface area contributed by atoms with Crippen molar-refractivity contribution < 1.29 is 14.3 Å². The highest BCUT2D eigenvalue weighted by molar-refractivity contribution is 7.14. The molecule has 0 fully saturated rings. The lowest BCUT2D eigenvalue weighted by atomic mass is 10.00. The van der Waals surface area contributed by atoms with Crippen molar-refractivity contribution in [3.63, 3.8) is 0 Å². The quantitative estimate of drug-likeness (QED) is 0.610. The van der Waals surface area contributed by atoms with Gasteiger partial charge in [-0.3, -0.25) is 0 Å². The van der Waals surface area contributed by atoms with Gasteiger partial charge >= 0.3 is 5.97 Å².